The van der Waals surface area contributed by atoms with Gasteiger partial charge < -0.3 is 9.47 Å². The molecular weight excluding hydrogens is 365 g/mol. The van der Waals surface area contributed by atoms with E-state index >= 15 is 0 Å². The van der Waals surface area contributed by atoms with Gasteiger partial charge in [0.2, 0.25) is 0 Å². The summed E-state index contributed by atoms with van der Waals surface area (Å²) in [6, 6.07) is 7.76. The zero-order chi connectivity index (χ0) is 17.0. The van der Waals surface area contributed by atoms with Crippen LogP contribution in [0.1, 0.15) is 26.3 Å². The molecule has 1 aromatic rings. The molecule has 4 nitrogen and oxygen atoms in total. The van der Waals surface area contributed by atoms with Crippen LogP contribution in [-0.2, 0) is 15.9 Å². The Kier molecular flexibility index (Phi) is 6.03. The molecule has 2 atom stereocenters. The lowest BCUT2D eigenvalue weighted by Gasteiger charge is -2.39. The Morgan fingerprint density at radius 3 is 2.61 bits per heavy atom. The SMILES string of the molecule is CC(C)(C)OC(=O)N1C[C@H](CF)OC[C@@H]1Cc1ccc(Br)cc1. The average molecular weight is 388 g/mol. The van der Waals surface area contributed by atoms with Crippen LogP contribution < -0.4 is 0 Å². The molecule has 0 aliphatic carbocycles. The molecule has 23 heavy (non-hydrogen) atoms. The first-order valence-corrected chi connectivity index (χ1v) is 8.49. The quantitative estimate of drug-likeness (QED) is 0.787. The van der Waals surface area contributed by atoms with E-state index in [1.807, 2.05) is 45.0 Å². The summed E-state index contributed by atoms with van der Waals surface area (Å²) in [5, 5.41) is 0. The highest BCUT2D eigenvalue weighted by Gasteiger charge is 2.35. The number of carbonyl (C=O) groups is 1. The molecule has 1 amide bonds. The predicted molar refractivity (Wildman–Crippen MR) is 90.3 cm³/mol. The highest BCUT2D eigenvalue weighted by atomic mass is 79.9. The van der Waals surface area contributed by atoms with Crippen molar-refractivity contribution in [3.8, 4) is 0 Å². The van der Waals surface area contributed by atoms with Gasteiger partial charge >= 0.3 is 6.09 Å². The van der Waals surface area contributed by atoms with Crippen molar-refractivity contribution in [2.75, 3.05) is 19.8 Å². The molecule has 1 aromatic carbocycles. The third kappa shape index (κ3) is 5.46. The number of morpholine rings is 1. The van der Waals surface area contributed by atoms with Gasteiger partial charge in [-0.3, -0.25) is 4.90 Å². The lowest BCUT2D eigenvalue weighted by Crippen LogP contribution is -2.54. The van der Waals surface area contributed by atoms with E-state index in [0.717, 1.165) is 10.0 Å². The number of halogens is 2. The molecule has 0 N–H and O–H groups in total. The van der Waals surface area contributed by atoms with Gasteiger partial charge in [0.25, 0.3) is 0 Å². The molecule has 1 aliphatic heterocycles. The zero-order valence-corrected chi connectivity index (χ0v) is 15.3. The molecule has 6 heteroatoms. The number of hydrogen-bond donors (Lipinski definition) is 0. The lowest BCUT2D eigenvalue weighted by atomic mass is 10.0. The number of alkyl halides is 1. The average Bonchev–Trinajstić information content (AvgIpc) is 2.48. The van der Waals surface area contributed by atoms with Crippen molar-refractivity contribution < 1.29 is 18.7 Å². The predicted octanol–water partition coefficient (Wildman–Crippen LogP) is 3.97. The Balaban J connectivity index is 2.11. The second-order valence-corrected chi connectivity index (χ2v) is 7.64. The molecular formula is C17H23BrFNO3. The first-order valence-electron chi connectivity index (χ1n) is 7.70. The third-order valence-corrected chi connectivity index (χ3v) is 4.08. The van der Waals surface area contributed by atoms with E-state index in [-0.39, 0.29) is 12.6 Å². The van der Waals surface area contributed by atoms with Gasteiger partial charge in [0.1, 0.15) is 18.4 Å². The van der Waals surface area contributed by atoms with Crippen LogP contribution >= 0.6 is 15.9 Å². The van der Waals surface area contributed by atoms with Gasteiger partial charge in [-0.2, -0.15) is 0 Å². The lowest BCUT2D eigenvalue weighted by molar-refractivity contribution is -0.0754. The molecule has 0 saturated carbocycles. The summed E-state index contributed by atoms with van der Waals surface area (Å²) in [5.74, 6) is 0. The van der Waals surface area contributed by atoms with Gasteiger partial charge in [0.15, 0.2) is 0 Å². The fourth-order valence-corrected chi connectivity index (χ4v) is 2.72. The summed E-state index contributed by atoms with van der Waals surface area (Å²) in [6.45, 7) is 5.38. The standard InChI is InChI=1S/C17H23BrFNO3/c1-17(2,3)23-16(21)20-10-15(9-19)22-11-14(20)8-12-4-6-13(18)7-5-12/h4-7,14-15H,8-11H2,1-3H3/t14-,15-/m0/s1. The summed E-state index contributed by atoms with van der Waals surface area (Å²) >= 11 is 3.41. The Hall–Kier alpha value is -1.14. The molecule has 1 fully saturated rings. The highest BCUT2D eigenvalue weighted by Crippen LogP contribution is 2.21. The van der Waals surface area contributed by atoms with Crippen molar-refractivity contribution in [1.29, 1.82) is 0 Å². The van der Waals surface area contributed by atoms with Crippen molar-refractivity contribution in [3.63, 3.8) is 0 Å². The van der Waals surface area contributed by atoms with Crippen LogP contribution in [0, 0.1) is 0 Å². The maximum atomic E-state index is 12.9. The van der Waals surface area contributed by atoms with E-state index in [1.165, 1.54) is 0 Å². The van der Waals surface area contributed by atoms with Gasteiger partial charge in [0.05, 0.1) is 19.2 Å². The van der Waals surface area contributed by atoms with Crippen LogP contribution in [0.15, 0.2) is 28.7 Å². The molecule has 0 aromatic heterocycles. The summed E-state index contributed by atoms with van der Waals surface area (Å²) in [7, 11) is 0. The van der Waals surface area contributed by atoms with Crippen LogP contribution in [0.2, 0.25) is 0 Å². The van der Waals surface area contributed by atoms with Crippen LogP contribution in [0.5, 0.6) is 0 Å². The van der Waals surface area contributed by atoms with Gasteiger partial charge in [-0.15, -0.1) is 0 Å². The van der Waals surface area contributed by atoms with Crippen molar-refractivity contribution >= 4 is 22.0 Å². The van der Waals surface area contributed by atoms with E-state index in [2.05, 4.69) is 15.9 Å². The summed E-state index contributed by atoms with van der Waals surface area (Å²) < 4.78 is 24.9. The monoisotopic (exact) mass is 387 g/mol. The maximum Gasteiger partial charge on any atom is 0.410 e. The van der Waals surface area contributed by atoms with Gasteiger partial charge in [-0.05, 0) is 44.9 Å². The normalized spacial score (nSPS) is 22.0. The highest BCUT2D eigenvalue weighted by molar-refractivity contribution is 9.10. The molecule has 0 spiro atoms. The van der Waals surface area contributed by atoms with Gasteiger partial charge in [-0.25, -0.2) is 9.18 Å². The van der Waals surface area contributed by atoms with Gasteiger partial charge in [-0.1, -0.05) is 28.1 Å². The fraction of sp³-hybridized carbons (Fsp3) is 0.588. The first-order chi connectivity index (χ1) is 10.8. The number of carbonyl (C=O) groups excluding carboxylic acids is 1. The first kappa shape index (κ1) is 18.2. The van der Waals surface area contributed by atoms with Crippen LogP contribution in [0.25, 0.3) is 0 Å². The Morgan fingerprint density at radius 1 is 1.39 bits per heavy atom. The van der Waals surface area contributed by atoms with Crippen molar-refractivity contribution in [2.45, 2.75) is 44.9 Å². The third-order valence-electron chi connectivity index (χ3n) is 3.55. The van der Waals surface area contributed by atoms with Crippen LogP contribution in [0.4, 0.5) is 9.18 Å². The maximum absolute atomic E-state index is 12.9. The molecule has 1 aliphatic rings. The number of benzene rings is 1. The molecule has 1 saturated heterocycles. The number of ether oxygens (including phenoxy) is 2. The van der Waals surface area contributed by atoms with Crippen LogP contribution in [0.3, 0.4) is 0 Å². The number of hydrogen-bond acceptors (Lipinski definition) is 3. The van der Waals surface area contributed by atoms with Crippen LogP contribution in [-0.4, -0.2) is 48.6 Å². The van der Waals surface area contributed by atoms with Crippen molar-refractivity contribution in [1.82, 2.24) is 4.90 Å². The zero-order valence-electron chi connectivity index (χ0n) is 13.7. The largest absolute Gasteiger partial charge is 0.444 e. The second kappa shape index (κ2) is 7.62. The molecule has 128 valence electrons. The molecule has 0 radical (unpaired) electrons. The fourth-order valence-electron chi connectivity index (χ4n) is 2.46. The summed E-state index contributed by atoms with van der Waals surface area (Å²) in [4.78, 5) is 14.0. The van der Waals surface area contributed by atoms with E-state index in [9.17, 15) is 9.18 Å². The Labute approximate surface area is 145 Å². The van der Waals surface area contributed by atoms with E-state index in [1.54, 1.807) is 4.90 Å². The van der Waals surface area contributed by atoms with Crippen molar-refractivity contribution in [3.05, 3.63) is 34.3 Å². The smallest absolute Gasteiger partial charge is 0.410 e. The van der Waals surface area contributed by atoms with Gasteiger partial charge in [0, 0.05) is 4.47 Å². The van der Waals surface area contributed by atoms with E-state index < -0.39 is 24.5 Å². The van der Waals surface area contributed by atoms with Crippen molar-refractivity contribution in [2.24, 2.45) is 0 Å². The molecule has 0 bridgehead atoms. The minimum absolute atomic E-state index is 0.158. The van der Waals surface area contributed by atoms with E-state index in [0.29, 0.717) is 13.0 Å². The topological polar surface area (TPSA) is 38.8 Å². The number of rotatable bonds is 3. The number of nitrogens with zero attached hydrogens (tertiary/aromatic N) is 1. The summed E-state index contributed by atoms with van der Waals surface area (Å²) in [5.41, 5.74) is 0.511. The summed E-state index contributed by atoms with van der Waals surface area (Å²) in [6.07, 6.45) is -0.351. The Bertz CT molecular complexity index is 530. The Morgan fingerprint density at radius 2 is 2.04 bits per heavy atom. The minimum Gasteiger partial charge on any atom is -0.444 e. The molecule has 2 rings (SSSR count). The number of amides is 1. The molecule has 0 unspecified atom stereocenters. The van der Waals surface area contributed by atoms with E-state index in [4.69, 9.17) is 9.47 Å². The molecule has 1 heterocycles. The second-order valence-electron chi connectivity index (χ2n) is 6.73. The minimum atomic E-state index is -0.607.